The lowest BCUT2D eigenvalue weighted by Gasteiger charge is -2.32. The third-order valence-corrected chi connectivity index (χ3v) is 8.66. The minimum absolute atomic E-state index is 0.613. The number of nitrogens with one attached hydrogen (secondary N) is 1. The Morgan fingerprint density at radius 3 is 1.92 bits per heavy atom. The minimum Gasteiger partial charge on any atom is -0.331 e. The number of thiol groups is 1. The highest BCUT2D eigenvalue weighted by molar-refractivity contribution is 7.76. The third-order valence-electron chi connectivity index (χ3n) is 7.42. The molecule has 0 atom stereocenters. The second kappa shape index (κ2) is 11.2. The van der Waals surface area contributed by atoms with Crippen LogP contribution in [0.25, 0.3) is 10.8 Å². The van der Waals surface area contributed by atoms with E-state index in [1.165, 1.54) is 86.9 Å². The van der Waals surface area contributed by atoms with Gasteiger partial charge in [0.2, 0.25) is 0 Å². The van der Waals surface area contributed by atoms with E-state index in [0.29, 0.717) is 6.04 Å². The fourth-order valence-electron chi connectivity index (χ4n) is 5.93. The molecule has 36 heavy (non-hydrogen) atoms. The summed E-state index contributed by atoms with van der Waals surface area (Å²) in [6.45, 7) is 13.5. The molecule has 1 fully saturated rings. The first kappa shape index (κ1) is 25.1. The van der Waals surface area contributed by atoms with Crippen LogP contribution in [0.2, 0.25) is 0 Å². The maximum Gasteiger partial charge on any atom is 0.174 e. The number of fused-ring (bicyclic) bond motifs is 1. The summed E-state index contributed by atoms with van der Waals surface area (Å²) in [7, 11) is 0. The van der Waals surface area contributed by atoms with Crippen LogP contribution in [0.15, 0.2) is 83.8 Å². The van der Waals surface area contributed by atoms with E-state index in [9.17, 15) is 0 Å². The first-order valence-electron chi connectivity index (χ1n) is 13.4. The minimum atomic E-state index is 0.613. The van der Waals surface area contributed by atoms with Gasteiger partial charge in [0.25, 0.3) is 0 Å². The lowest BCUT2D eigenvalue weighted by molar-refractivity contribution is -0.919. The molecular formula is C33H40N2S+2. The highest BCUT2D eigenvalue weighted by atomic mass is 32.2. The van der Waals surface area contributed by atoms with Gasteiger partial charge in [-0.05, 0) is 56.2 Å². The van der Waals surface area contributed by atoms with Crippen LogP contribution >= 0.6 is 0 Å². The number of hydrogen-bond donors (Lipinski definition) is 1. The normalized spacial score (nSPS) is 18.1. The Labute approximate surface area is 221 Å². The molecule has 0 saturated carbocycles. The number of nitrogens with zero attached hydrogens (tertiary/aromatic N) is 1. The SMILES string of the molecule is Cc1cc(C)cc(CN([SH+]c2ccc3ccccc3c2)C2CC[NH+](Cc3cc(C)cc(C)c3)CC2)c1. The molecule has 1 heterocycles. The molecule has 0 aromatic heterocycles. The van der Waals surface area contributed by atoms with Crippen molar-refractivity contribution < 1.29 is 4.90 Å². The molecule has 5 rings (SSSR count). The number of hydrogen-bond acceptors (Lipinski definition) is 1. The van der Waals surface area contributed by atoms with E-state index in [0.717, 1.165) is 13.1 Å². The quantitative estimate of drug-likeness (QED) is 0.247. The molecule has 0 spiro atoms. The van der Waals surface area contributed by atoms with Gasteiger partial charge in [-0.2, -0.15) is 0 Å². The molecule has 3 heteroatoms. The molecule has 1 N–H and O–H groups in total. The Morgan fingerprint density at radius 1 is 0.694 bits per heavy atom. The van der Waals surface area contributed by atoms with Gasteiger partial charge in [0.15, 0.2) is 4.90 Å². The summed E-state index contributed by atoms with van der Waals surface area (Å²) >= 11 is 1.32. The Morgan fingerprint density at radius 2 is 1.28 bits per heavy atom. The van der Waals surface area contributed by atoms with Crippen LogP contribution < -0.4 is 4.90 Å². The van der Waals surface area contributed by atoms with Gasteiger partial charge in [0.05, 0.1) is 37.6 Å². The number of benzene rings is 4. The van der Waals surface area contributed by atoms with E-state index >= 15 is 0 Å². The van der Waals surface area contributed by atoms with Gasteiger partial charge in [0.1, 0.15) is 6.54 Å². The van der Waals surface area contributed by atoms with Crippen LogP contribution in [-0.2, 0) is 25.0 Å². The van der Waals surface area contributed by atoms with Crippen LogP contribution in [0, 0.1) is 27.7 Å². The zero-order valence-corrected chi connectivity index (χ0v) is 23.1. The zero-order valence-electron chi connectivity index (χ0n) is 22.2. The smallest absolute Gasteiger partial charge is 0.174 e. The van der Waals surface area contributed by atoms with Crippen molar-refractivity contribution in [3.8, 4) is 0 Å². The topological polar surface area (TPSA) is 7.68 Å². The zero-order chi connectivity index (χ0) is 25.1. The Bertz CT molecular complexity index is 1300. The number of likely N-dealkylation sites (tertiary alicyclic amines) is 1. The Balaban J connectivity index is 1.32. The van der Waals surface area contributed by atoms with Gasteiger partial charge < -0.3 is 4.90 Å². The van der Waals surface area contributed by atoms with Crippen molar-refractivity contribution >= 4 is 22.7 Å². The summed E-state index contributed by atoms with van der Waals surface area (Å²) in [5.41, 5.74) is 8.41. The number of quaternary nitrogens is 1. The summed E-state index contributed by atoms with van der Waals surface area (Å²) in [6, 6.07) is 30.3. The van der Waals surface area contributed by atoms with Crippen molar-refractivity contribution in [3.63, 3.8) is 0 Å². The number of aryl methyl sites for hydroxylation is 4. The van der Waals surface area contributed by atoms with Crippen molar-refractivity contribution in [1.29, 1.82) is 0 Å². The summed E-state index contributed by atoms with van der Waals surface area (Å²) in [5, 5.41) is 2.65. The number of rotatable bonds is 7. The second-order valence-corrected chi connectivity index (χ2v) is 12.1. The summed E-state index contributed by atoms with van der Waals surface area (Å²) in [6.07, 6.45) is 2.51. The molecule has 0 unspecified atom stereocenters. The van der Waals surface area contributed by atoms with E-state index in [1.54, 1.807) is 4.90 Å². The largest absolute Gasteiger partial charge is 0.331 e. The van der Waals surface area contributed by atoms with Gasteiger partial charge in [-0.3, -0.25) is 0 Å². The lowest BCUT2D eigenvalue weighted by Crippen LogP contribution is -3.12. The van der Waals surface area contributed by atoms with Crippen molar-refractivity contribution in [2.45, 2.75) is 64.6 Å². The van der Waals surface area contributed by atoms with Crippen LogP contribution in [0.3, 0.4) is 0 Å². The van der Waals surface area contributed by atoms with Crippen molar-refractivity contribution in [3.05, 3.63) is 112 Å². The first-order valence-corrected chi connectivity index (χ1v) is 14.2. The predicted octanol–water partition coefficient (Wildman–Crippen LogP) is 5.91. The van der Waals surface area contributed by atoms with E-state index in [4.69, 9.17) is 0 Å². The van der Waals surface area contributed by atoms with Gasteiger partial charge >= 0.3 is 0 Å². The number of piperidine rings is 1. The average molecular weight is 497 g/mol. The van der Waals surface area contributed by atoms with Crippen LogP contribution in [-0.4, -0.2) is 23.4 Å². The summed E-state index contributed by atoms with van der Waals surface area (Å²) in [5.74, 6) is 0. The molecule has 0 aliphatic carbocycles. The fraction of sp³-hybridized carbons (Fsp3) is 0.333. The summed E-state index contributed by atoms with van der Waals surface area (Å²) < 4.78 is 2.73. The van der Waals surface area contributed by atoms with Crippen LogP contribution in [0.5, 0.6) is 0 Å². The van der Waals surface area contributed by atoms with E-state index in [-0.39, 0.29) is 0 Å². The fourth-order valence-corrected chi connectivity index (χ4v) is 7.19. The standard InChI is InChI=1S/C33H38N2S/c1-24-15-25(2)18-28(17-24)22-34-13-11-32(12-14-34)35(23-29-19-26(3)16-27(4)20-29)36-33-10-9-30-7-5-6-8-31(30)21-33/h5-10,15-21,32H,11-14,22-23H2,1-4H3/p+2. The molecule has 186 valence electrons. The van der Waals surface area contributed by atoms with Gasteiger partial charge in [-0.25, -0.2) is 0 Å². The van der Waals surface area contributed by atoms with Crippen molar-refractivity contribution in [2.75, 3.05) is 13.1 Å². The Hall–Kier alpha value is -2.59. The van der Waals surface area contributed by atoms with Crippen LogP contribution in [0.1, 0.15) is 46.2 Å². The molecule has 0 radical (unpaired) electrons. The van der Waals surface area contributed by atoms with E-state index in [1.807, 2.05) is 0 Å². The van der Waals surface area contributed by atoms with Gasteiger partial charge in [-0.1, -0.05) is 82.9 Å². The molecule has 1 saturated heterocycles. The monoisotopic (exact) mass is 496 g/mol. The predicted molar refractivity (Wildman–Crippen MR) is 156 cm³/mol. The average Bonchev–Trinajstić information content (AvgIpc) is 2.83. The maximum absolute atomic E-state index is 2.73. The highest BCUT2D eigenvalue weighted by Crippen LogP contribution is 2.23. The first-order chi connectivity index (χ1) is 17.4. The lowest BCUT2D eigenvalue weighted by atomic mass is 10.0. The highest BCUT2D eigenvalue weighted by Gasteiger charge is 2.32. The van der Waals surface area contributed by atoms with Gasteiger partial charge in [-0.15, -0.1) is 4.31 Å². The molecule has 4 aromatic rings. The maximum atomic E-state index is 2.73. The van der Waals surface area contributed by atoms with Crippen molar-refractivity contribution in [2.24, 2.45) is 0 Å². The van der Waals surface area contributed by atoms with E-state index < -0.39 is 0 Å². The molecule has 1 aliphatic rings. The molecule has 1 aliphatic heterocycles. The second-order valence-electron chi connectivity index (χ2n) is 10.9. The van der Waals surface area contributed by atoms with Crippen LogP contribution in [0.4, 0.5) is 0 Å². The molecule has 2 nitrogen and oxygen atoms in total. The molecule has 0 amide bonds. The molecule has 4 aromatic carbocycles. The molecule has 0 bridgehead atoms. The van der Waals surface area contributed by atoms with Crippen molar-refractivity contribution in [1.82, 2.24) is 4.31 Å². The Kier molecular flexibility index (Phi) is 7.81. The molecular weight excluding hydrogens is 456 g/mol. The summed E-state index contributed by atoms with van der Waals surface area (Å²) in [4.78, 5) is 3.12. The third kappa shape index (κ3) is 6.39. The van der Waals surface area contributed by atoms with Gasteiger partial charge in [0, 0.05) is 24.5 Å². The van der Waals surface area contributed by atoms with E-state index in [2.05, 4.69) is 111 Å².